The van der Waals surface area contributed by atoms with Gasteiger partial charge in [0.1, 0.15) is 5.75 Å². The smallest absolute Gasteiger partial charge is 0.207 e. The fourth-order valence-corrected chi connectivity index (χ4v) is 3.16. The molecule has 2 rings (SSSR count). The Kier molecular flexibility index (Phi) is 4.75. The number of hydrogen-bond acceptors (Lipinski definition) is 3. The third-order valence-corrected chi connectivity index (χ3v) is 4.17. The second kappa shape index (κ2) is 6.18. The van der Waals surface area contributed by atoms with Crippen molar-refractivity contribution in [3.05, 3.63) is 33.0 Å². The standard InChI is InChI=1S/C14H17Br2N3O/c1-8(2)19-7-9(3)17-14(19)18-12-6-13(20-4)11(16)5-10(12)15/h5-8H,1-4H3,(H,17,18). The van der Waals surface area contributed by atoms with Gasteiger partial charge in [0.15, 0.2) is 0 Å². The van der Waals surface area contributed by atoms with Crippen LogP contribution in [0.5, 0.6) is 5.75 Å². The summed E-state index contributed by atoms with van der Waals surface area (Å²) in [5.41, 5.74) is 1.90. The van der Waals surface area contributed by atoms with Crippen LogP contribution < -0.4 is 10.1 Å². The summed E-state index contributed by atoms with van der Waals surface area (Å²) in [7, 11) is 1.65. The number of halogens is 2. The van der Waals surface area contributed by atoms with Crippen molar-refractivity contribution in [1.29, 1.82) is 0 Å². The zero-order valence-electron chi connectivity index (χ0n) is 11.9. The lowest BCUT2D eigenvalue weighted by molar-refractivity contribution is 0.412. The topological polar surface area (TPSA) is 39.1 Å². The van der Waals surface area contributed by atoms with Gasteiger partial charge < -0.3 is 14.6 Å². The summed E-state index contributed by atoms with van der Waals surface area (Å²) >= 11 is 7.02. The van der Waals surface area contributed by atoms with E-state index in [1.54, 1.807) is 7.11 Å². The van der Waals surface area contributed by atoms with Crippen molar-refractivity contribution in [1.82, 2.24) is 9.55 Å². The van der Waals surface area contributed by atoms with Crippen molar-refractivity contribution in [2.24, 2.45) is 0 Å². The van der Waals surface area contributed by atoms with Gasteiger partial charge in [-0.25, -0.2) is 4.98 Å². The maximum Gasteiger partial charge on any atom is 0.207 e. The van der Waals surface area contributed by atoms with Gasteiger partial charge in [-0.2, -0.15) is 0 Å². The Morgan fingerprint density at radius 1 is 1.25 bits per heavy atom. The molecule has 0 fully saturated rings. The summed E-state index contributed by atoms with van der Waals surface area (Å²) in [5.74, 6) is 1.60. The number of ether oxygens (including phenoxy) is 1. The summed E-state index contributed by atoms with van der Waals surface area (Å²) in [4.78, 5) is 4.52. The zero-order chi connectivity index (χ0) is 14.9. The highest BCUT2D eigenvalue weighted by Crippen LogP contribution is 2.36. The molecule has 0 unspecified atom stereocenters. The first-order valence-corrected chi connectivity index (χ1v) is 7.86. The van der Waals surface area contributed by atoms with E-state index in [0.29, 0.717) is 6.04 Å². The summed E-state index contributed by atoms with van der Waals surface area (Å²) in [5, 5.41) is 3.35. The minimum absolute atomic E-state index is 0.342. The molecular weight excluding hydrogens is 386 g/mol. The highest BCUT2D eigenvalue weighted by atomic mass is 79.9. The van der Waals surface area contributed by atoms with Gasteiger partial charge in [0, 0.05) is 22.8 Å². The van der Waals surface area contributed by atoms with Gasteiger partial charge in [0.2, 0.25) is 5.95 Å². The Bertz CT molecular complexity index is 623. The zero-order valence-corrected chi connectivity index (χ0v) is 15.0. The Balaban J connectivity index is 2.39. The molecule has 0 aliphatic rings. The van der Waals surface area contributed by atoms with Gasteiger partial charge >= 0.3 is 0 Å². The molecule has 2 aromatic rings. The predicted octanol–water partition coefficient (Wildman–Crippen LogP) is 5.05. The fraction of sp³-hybridized carbons (Fsp3) is 0.357. The van der Waals surface area contributed by atoms with Crippen molar-refractivity contribution in [2.75, 3.05) is 12.4 Å². The van der Waals surface area contributed by atoms with Crippen LogP contribution >= 0.6 is 31.9 Å². The molecule has 1 N–H and O–H groups in total. The molecule has 0 atom stereocenters. The number of imidazole rings is 1. The Labute approximate surface area is 135 Å². The monoisotopic (exact) mass is 401 g/mol. The van der Waals surface area contributed by atoms with E-state index in [1.165, 1.54) is 0 Å². The first kappa shape index (κ1) is 15.4. The van der Waals surface area contributed by atoms with Gasteiger partial charge in [0.05, 0.1) is 23.0 Å². The molecule has 0 bridgehead atoms. The average molecular weight is 403 g/mol. The van der Waals surface area contributed by atoms with Crippen LogP contribution in [0.2, 0.25) is 0 Å². The van der Waals surface area contributed by atoms with Gasteiger partial charge in [-0.1, -0.05) is 0 Å². The lowest BCUT2D eigenvalue weighted by atomic mass is 10.3. The largest absolute Gasteiger partial charge is 0.495 e. The number of benzene rings is 1. The SMILES string of the molecule is COc1cc(Nc2nc(C)cn2C(C)C)c(Br)cc1Br. The van der Waals surface area contributed by atoms with Crippen molar-refractivity contribution >= 4 is 43.5 Å². The number of rotatable bonds is 4. The third-order valence-electron chi connectivity index (χ3n) is 2.90. The number of aromatic nitrogens is 2. The molecule has 4 nitrogen and oxygen atoms in total. The lowest BCUT2D eigenvalue weighted by Gasteiger charge is -2.15. The van der Waals surface area contributed by atoms with Crippen LogP contribution in [0.3, 0.4) is 0 Å². The Morgan fingerprint density at radius 2 is 1.95 bits per heavy atom. The van der Waals surface area contributed by atoms with Crippen LogP contribution in [-0.2, 0) is 0 Å². The average Bonchev–Trinajstić information content (AvgIpc) is 2.74. The van der Waals surface area contributed by atoms with E-state index < -0.39 is 0 Å². The van der Waals surface area contributed by atoms with E-state index in [-0.39, 0.29) is 0 Å². The van der Waals surface area contributed by atoms with Crippen LogP contribution in [0.1, 0.15) is 25.6 Å². The van der Waals surface area contributed by atoms with Crippen LogP contribution in [0.25, 0.3) is 0 Å². The molecular formula is C14H17Br2N3O. The van der Waals surface area contributed by atoms with Crippen molar-refractivity contribution < 1.29 is 4.74 Å². The summed E-state index contributed by atoms with van der Waals surface area (Å²) < 4.78 is 9.28. The number of aryl methyl sites for hydroxylation is 1. The summed E-state index contributed by atoms with van der Waals surface area (Å²) in [6, 6.07) is 4.23. The van der Waals surface area contributed by atoms with Gasteiger partial charge in [-0.3, -0.25) is 0 Å². The van der Waals surface area contributed by atoms with Gasteiger partial charge in [-0.15, -0.1) is 0 Å². The van der Waals surface area contributed by atoms with Crippen LogP contribution in [0, 0.1) is 6.92 Å². The summed E-state index contributed by atoms with van der Waals surface area (Å²) in [6.07, 6.45) is 2.04. The number of anilines is 2. The molecule has 6 heteroatoms. The first-order chi connectivity index (χ1) is 9.42. The molecule has 0 aliphatic carbocycles. The van der Waals surface area contributed by atoms with E-state index in [2.05, 4.69) is 60.6 Å². The van der Waals surface area contributed by atoms with E-state index in [4.69, 9.17) is 4.74 Å². The Hall–Kier alpha value is -1.01. The first-order valence-electron chi connectivity index (χ1n) is 6.28. The molecule has 0 radical (unpaired) electrons. The molecule has 108 valence electrons. The molecule has 0 spiro atoms. The predicted molar refractivity (Wildman–Crippen MR) is 89.0 cm³/mol. The van der Waals surface area contributed by atoms with Gasteiger partial charge in [-0.05, 0) is 58.7 Å². The molecule has 1 aromatic heterocycles. The molecule has 0 saturated carbocycles. The van der Waals surface area contributed by atoms with Crippen LogP contribution in [-0.4, -0.2) is 16.7 Å². The van der Waals surface area contributed by atoms with Crippen molar-refractivity contribution in [3.63, 3.8) is 0 Å². The maximum absolute atomic E-state index is 5.33. The molecule has 0 amide bonds. The van der Waals surface area contributed by atoms with Crippen molar-refractivity contribution in [2.45, 2.75) is 26.8 Å². The highest BCUT2D eigenvalue weighted by molar-refractivity contribution is 9.11. The molecule has 1 aromatic carbocycles. The second-order valence-electron chi connectivity index (χ2n) is 4.80. The number of nitrogens with zero attached hydrogens (tertiary/aromatic N) is 2. The molecule has 1 heterocycles. The highest BCUT2D eigenvalue weighted by Gasteiger charge is 2.12. The minimum atomic E-state index is 0.342. The fourth-order valence-electron chi connectivity index (χ4n) is 1.90. The lowest BCUT2D eigenvalue weighted by Crippen LogP contribution is -2.05. The maximum atomic E-state index is 5.33. The van der Waals surface area contributed by atoms with Crippen LogP contribution in [0.15, 0.2) is 27.3 Å². The third kappa shape index (κ3) is 3.17. The quantitative estimate of drug-likeness (QED) is 0.777. The van der Waals surface area contributed by atoms with Crippen LogP contribution in [0.4, 0.5) is 11.6 Å². The minimum Gasteiger partial charge on any atom is -0.495 e. The summed E-state index contributed by atoms with van der Waals surface area (Å²) in [6.45, 7) is 6.24. The Morgan fingerprint density at radius 3 is 2.55 bits per heavy atom. The van der Waals surface area contributed by atoms with Gasteiger partial charge in [0.25, 0.3) is 0 Å². The molecule has 20 heavy (non-hydrogen) atoms. The molecule has 0 aliphatic heterocycles. The van der Waals surface area contributed by atoms with E-state index in [1.807, 2.05) is 25.3 Å². The normalized spacial score (nSPS) is 10.9. The van der Waals surface area contributed by atoms with E-state index in [0.717, 1.165) is 32.0 Å². The number of hydrogen-bond donors (Lipinski definition) is 1. The number of methoxy groups -OCH3 is 1. The van der Waals surface area contributed by atoms with Crippen molar-refractivity contribution in [3.8, 4) is 5.75 Å². The second-order valence-corrected chi connectivity index (χ2v) is 6.51. The van der Waals surface area contributed by atoms with E-state index in [9.17, 15) is 0 Å². The molecule has 0 saturated heterocycles. The number of nitrogens with one attached hydrogen (secondary N) is 1. The van der Waals surface area contributed by atoms with E-state index >= 15 is 0 Å².